The summed E-state index contributed by atoms with van der Waals surface area (Å²) in [5.41, 5.74) is 2.27. The van der Waals surface area contributed by atoms with Gasteiger partial charge in [-0.3, -0.25) is 4.90 Å². The van der Waals surface area contributed by atoms with Crippen LogP contribution in [-0.2, 0) is 13.1 Å². The van der Waals surface area contributed by atoms with Crippen LogP contribution >= 0.6 is 15.9 Å². The first-order valence-electron chi connectivity index (χ1n) is 6.90. The average Bonchev–Trinajstić information content (AvgIpc) is 2.50. The fraction of sp³-hybridized carbons (Fsp3) is 0.294. The Morgan fingerprint density at radius 3 is 2.32 bits per heavy atom. The Kier molecular flexibility index (Phi) is 5.69. The topological polar surface area (TPSA) is 41.9 Å². The summed E-state index contributed by atoms with van der Waals surface area (Å²) in [6.07, 6.45) is 0. The molecule has 22 heavy (non-hydrogen) atoms. The van der Waals surface area contributed by atoms with Gasteiger partial charge >= 0.3 is 0 Å². The zero-order valence-corrected chi connectivity index (χ0v) is 14.6. The molecule has 0 saturated heterocycles. The molecule has 0 unspecified atom stereocenters. The summed E-state index contributed by atoms with van der Waals surface area (Å²) in [5.74, 6) is 1.48. The van der Waals surface area contributed by atoms with Crippen molar-refractivity contribution in [3.63, 3.8) is 0 Å². The number of rotatable bonds is 6. The van der Waals surface area contributed by atoms with Crippen LogP contribution in [0.25, 0.3) is 0 Å². The van der Waals surface area contributed by atoms with Crippen molar-refractivity contribution in [3.05, 3.63) is 52.0 Å². The lowest BCUT2D eigenvalue weighted by atomic mass is 10.1. The maximum Gasteiger partial charge on any atom is 0.160 e. The summed E-state index contributed by atoms with van der Waals surface area (Å²) in [6, 6.07) is 11.5. The van der Waals surface area contributed by atoms with Crippen LogP contribution in [0.3, 0.4) is 0 Å². The molecule has 1 N–H and O–H groups in total. The van der Waals surface area contributed by atoms with E-state index in [1.54, 1.807) is 20.3 Å². The Morgan fingerprint density at radius 1 is 1.05 bits per heavy atom. The van der Waals surface area contributed by atoms with Gasteiger partial charge in [0, 0.05) is 17.6 Å². The van der Waals surface area contributed by atoms with E-state index >= 15 is 0 Å². The average molecular weight is 366 g/mol. The van der Waals surface area contributed by atoms with E-state index in [9.17, 15) is 5.11 Å². The number of benzene rings is 2. The van der Waals surface area contributed by atoms with Gasteiger partial charge in [-0.15, -0.1) is 0 Å². The largest absolute Gasteiger partial charge is 0.504 e. The van der Waals surface area contributed by atoms with E-state index < -0.39 is 0 Å². The van der Waals surface area contributed by atoms with E-state index in [0.717, 1.165) is 28.9 Å². The molecule has 4 nitrogen and oxygen atoms in total. The molecule has 118 valence electrons. The third kappa shape index (κ3) is 4.15. The van der Waals surface area contributed by atoms with Crippen LogP contribution in [0.4, 0.5) is 0 Å². The third-order valence-electron chi connectivity index (χ3n) is 3.40. The minimum atomic E-state index is 0.135. The molecule has 0 saturated carbocycles. The zero-order chi connectivity index (χ0) is 16.1. The minimum absolute atomic E-state index is 0.135. The first kappa shape index (κ1) is 16.6. The second kappa shape index (κ2) is 7.51. The highest BCUT2D eigenvalue weighted by atomic mass is 79.9. The lowest BCUT2D eigenvalue weighted by molar-refractivity contribution is 0.316. The molecule has 0 aliphatic rings. The molecule has 5 heteroatoms. The number of phenolic OH excluding ortho intramolecular Hbond substituents is 1. The number of hydrogen-bond acceptors (Lipinski definition) is 4. The molecule has 2 aromatic rings. The van der Waals surface area contributed by atoms with Crippen LogP contribution in [-0.4, -0.2) is 31.3 Å². The summed E-state index contributed by atoms with van der Waals surface area (Å²) in [7, 11) is 5.26. The van der Waals surface area contributed by atoms with Gasteiger partial charge in [0.2, 0.25) is 0 Å². The number of methoxy groups -OCH3 is 2. The fourth-order valence-electron chi connectivity index (χ4n) is 2.26. The molecule has 2 aromatic carbocycles. The number of aromatic hydroxyl groups is 1. The van der Waals surface area contributed by atoms with Crippen molar-refractivity contribution in [1.82, 2.24) is 4.90 Å². The number of phenols is 1. The first-order valence-corrected chi connectivity index (χ1v) is 7.69. The Hall–Kier alpha value is -1.72. The molecule has 0 amide bonds. The highest BCUT2D eigenvalue weighted by Gasteiger charge is 2.10. The van der Waals surface area contributed by atoms with Gasteiger partial charge in [-0.05, 0) is 42.4 Å². The van der Waals surface area contributed by atoms with E-state index in [1.807, 2.05) is 18.2 Å². The van der Waals surface area contributed by atoms with Crippen LogP contribution in [0.5, 0.6) is 17.2 Å². The van der Waals surface area contributed by atoms with Gasteiger partial charge in [0.25, 0.3) is 0 Å². The van der Waals surface area contributed by atoms with Gasteiger partial charge in [0.15, 0.2) is 11.5 Å². The summed E-state index contributed by atoms with van der Waals surface area (Å²) < 4.78 is 11.2. The summed E-state index contributed by atoms with van der Waals surface area (Å²) in [6.45, 7) is 1.56. The van der Waals surface area contributed by atoms with Crippen molar-refractivity contribution < 1.29 is 14.6 Å². The third-order valence-corrected chi connectivity index (χ3v) is 4.14. The highest BCUT2D eigenvalue weighted by molar-refractivity contribution is 9.10. The normalized spacial score (nSPS) is 10.8. The SMILES string of the molecule is COc1ccc(CN(C)Cc2cc(OC)c(O)cc2Br)cc1. The molecule has 0 aliphatic carbocycles. The highest BCUT2D eigenvalue weighted by Crippen LogP contribution is 2.33. The Bertz CT molecular complexity index is 629. The van der Waals surface area contributed by atoms with Gasteiger partial charge < -0.3 is 14.6 Å². The minimum Gasteiger partial charge on any atom is -0.504 e. The lowest BCUT2D eigenvalue weighted by Crippen LogP contribution is -2.17. The second-order valence-electron chi connectivity index (χ2n) is 5.14. The van der Waals surface area contributed by atoms with Crippen LogP contribution < -0.4 is 9.47 Å². The van der Waals surface area contributed by atoms with E-state index in [0.29, 0.717) is 5.75 Å². The van der Waals surface area contributed by atoms with E-state index in [4.69, 9.17) is 9.47 Å². The number of ether oxygens (including phenoxy) is 2. The van der Waals surface area contributed by atoms with Crippen molar-refractivity contribution in [2.24, 2.45) is 0 Å². The summed E-state index contributed by atoms with van der Waals surface area (Å²) in [4.78, 5) is 2.19. The maximum atomic E-state index is 9.75. The van der Waals surface area contributed by atoms with E-state index in [1.165, 1.54) is 5.56 Å². The standard InChI is InChI=1S/C17H20BrNO3/c1-19(10-12-4-6-14(21-2)7-5-12)11-13-8-17(22-3)16(20)9-15(13)18/h4-9,20H,10-11H2,1-3H3. The Morgan fingerprint density at radius 2 is 1.73 bits per heavy atom. The zero-order valence-electron chi connectivity index (χ0n) is 13.0. The molecule has 0 aromatic heterocycles. The van der Waals surface area contributed by atoms with Crippen molar-refractivity contribution in [1.29, 1.82) is 0 Å². The lowest BCUT2D eigenvalue weighted by Gasteiger charge is -2.19. The van der Waals surface area contributed by atoms with Gasteiger partial charge in [0.1, 0.15) is 5.75 Å². The molecule has 0 aliphatic heterocycles. The fourth-order valence-corrected chi connectivity index (χ4v) is 2.72. The molecule has 0 radical (unpaired) electrons. The van der Waals surface area contributed by atoms with Crippen LogP contribution in [0.15, 0.2) is 40.9 Å². The smallest absolute Gasteiger partial charge is 0.160 e. The molecule has 2 rings (SSSR count). The van der Waals surface area contributed by atoms with Crippen molar-refractivity contribution >= 4 is 15.9 Å². The quantitative estimate of drug-likeness (QED) is 0.845. The van der Waals surface area contributed by atoms with Gasteiger partial charge in [-0.2, -0.15) is 0 Å². The molecule has 0 heterocycles. The molecule has 0 fully saturated rings. The monoisotopic (exact) mass is 365 g/mol. The van der Waals surface area contributed by atoms with Crippen LogP contribution in [0.2, 0.25) is 0 Å². The Balaban J connectivity index is 2.06. The summed E-state index contributed by atoms with van der Waals surface area (Å²) in [5, 5.41) is 9.75. The molecular weight excluding hydrogens is 346 g/mol. The van der Waals surface area contributed by atoms with Gasteiger partial charge in [0.05, 0.1) is 14.2 Å². The number of halogens is 1. The van der Waals surface area contributed by atoms with Gasteiger partial charge in [-0.25, -0.2) is 0 Å². The van der Waals surface area contributed by atoms with Gasteiger partial charge in [-0.1, -0.05) is 28.1 Å². The molecule has 0 spiro atoms. The maximum absolute atomic E-state index is 9.75. The molecule has 0 bridgehead atoms. The number of nitrogens with zero attached hydrogens (tertiary/aromatic N) is 1. The Labute approximate surface area is 139 Å². The predicted octanol–water partition coefficient (Wildman–Crippen LogP) is 3.80. The van der Waals surface area contributed by atoms with Crippen molar-refractivity contribution in [2.75, 3.05) is 21.3 Å². The predicted molar refractivity (Wildman–Crippen MR) is 90.5 cm³/mol. The van der Waals surface area contributed by atoms with Crippen LogP contribution in [0, 0.1) is 0 Å². The first-order chi connectivity index (χ1) is 10.5. The molecular formula is C17H20BrNO3. The number of hydrogen-bond donors (Lipinski definition) is 1. The van der Waals surface area contributed by atoms with Crippen molar-refractivity contribution in [3.8, 4) is 17.2 Å². The van der Waals surface area contributed by atoms with E-state index in [2.05, 4.69) is 40.0 Å². The van der Waals surface area contributed by atoms with Crippen molar-refractivity contribution in [2.45, 2.75) is 13.1 Å². The van der Waals surface area contributed by atoms with Crippen LogP contribution in [0.1, 0.15) is 11.1 Å². The molecule has 0 atom stereocenters. The summed E-state index contributed by atoms with van der Waals surface area (Å²) >= 11 is 3.48. The van der Waals surface area contributed by atoms with E-state index in [-0.39, 0.29) is 5.75 Å². The second-order valence-corrected chi connectivity index (χ2v) is 5.99.